The van der Waals surface area contributed by atoms with E-state index in [0.29, 0.717) is 6.54 Å². The van der Waals surface area contributed by atoms with E-state index >= 15 is 0 Å². The zero-order valence-corrected chi connectivity index (χ0v) is 9.44. The smallest absolute Gasteiger partial charge is 0.429 e. The molecule has 3 aliphatic rings. The predicted molar refractivity (Wildman–Crippen MR) is 53.1 cm³/mol. The Hall–Kier alpha value is -1.86. The Morgan fingerprint density at radius 3 is 2.29 bits per heavy atom. The van der Waals surface area contributed by atoms with Crippen molar-refractivity contribution in [2.24, 2.45) is 16.1 Å². The highest BCUT2D eigenvalue weighted by Crippen LogP contribution is 2.50. The Balaban J connectivity index is 1.83. The van der Waals surface area contributed by atoms with Gasteiger partial charge in [-0.3, -0.25) is 0 Å². The number of nitrogens with zero attached hydrogens (tertiary/aromatic N) is 4. The second-order valence-electron chi connectivity index (χ2n) is 4.20. The largest absolute Gasteiger partial charge is 0.452 e. The lowest BCUT2D eigenvalue weighted by atomic mass is 9.67. The summed E-state index contributed by atoms with van der Waals surface area (Å²) in [6.45, 7) is 0.605. The Morgan fingerprint density at radius 2 is 1.71 bits per heavy atom. The minimum atomic E-state index is -0.572. The van der Waals surface area contributed by atoms with Crippen LogP contribution in [0.4, 0.5) is 9.59 Å². The first-order chi connectivity index (χ1) is 8.20. The maximum absolute atomic E-state index is 11.6. The second kappa shape index (κ2) is 3.31. The SMILES string of the molecule is COC(=O)N1[C@@H]2[C@H]3N=NC[C@H]3[C@@H]2N1C(=O)OC. The van der Waals surface area contributed by atoms with Gasteiger partial charge < -0.3 is 9.47 Å². The van der Waals surface area contributed by atoms with Gasteiger partial charge in [0, 0.05) is 5.92 Å². The topological polar surface area (TPSA) is 83.8 Å². The van der Waals surface area contributed by atoms with Crippen molar-refractivity contribution in [3.05, 3.63) is 0 Å². The summed E-state index contributed by atoms with van der Waals surface area (Å²) >= 11 is 0. The van der Waals surface area contributed by atoms with Crippen LogP contribution in [0.3, 0.4) is 0 Å². The van der Waals surface area contributed by atoms with Gasteiger partial charge >= 0.3 is 12.2 Å². The van der Waals surface area contributed by atoms with Gasteiger partial charge in [-0.1, -0.05) is 0 Å². The van der Waals surface area contributed by atoms with Crippen LogP contribution in [-0.4, -0.2) is 61.1 Å². The normalized spacial score (nSPS) is 36.6. The Bertz CT molecular complexity index is 412. The van der Waals surface area contributed by atoms with E-state index in [9.17, 15) is 9.59 Å². The molecule has 0 unspecified atom stereocenters. The van der Waals surface area contributed by atoms with Gasteiger partial charge in [-0.05, 0) is 0 Å². The van der Waals surface area contributed by atoms with Crippen molar-refractivity contribution in [2.45, 2.75) is 18.1 Å². The molecule has 0 aromatic heterocycles. The van der Waals surface area contributed by atoms with Crippen molar-refractivity contribution in [1.82, 2.24) is 10.0 Å². The number of ether oxygens (including phenoxy) is 2. The number of hydrogen-bond acceptors (Lipinski definition) is 6. The first-order valence-corrected chi connectivity index (χ1v) is 5.31. The third-order valence-corrected chi connectivity index (χ3v) is 3.60. The molecule has 8 heteroatoms. The van der Waals surface area contributed by atoms with Crippen molar-refractivity contribution < 1.29 is 19.1 Å². The summed E-state index contributed by atoms with van der Waals surface area (Å²) in [5.74, 6) is 0.208. The highest BCUT2D eigenvalue weighted by Gasteiger charge is 2.70. The zero-order valence-electron chi connectivity index (χ0n) is 9.44. The molecule has 0 aromatic rings. The first kappa shape index (κ1) is 10.3. The van der Waals surface area contributed by atoms with Crippen LogP contribution in [0.1, 0.15) is 0 Å². The molecule has 8 nitrogen and oxygen atoms in total. The molecule has 0 radical (unpaired) electrons. The van der Waals surface area contributed by atoms with E-state index in [1.807, 2.05) is 0 Å². The third-order valence-electron chi connectivity index (χ3n) is 3.60. The molecule has 1 saturated carbocycles. The van der Waals surface area contributed by atoms with Gasteiger partial charge in [-0.25, -0.2) is 19.6 Å². The van der Waals surface area contributed by atoms with Crippen LogP contribution < -0.4 is 0 Å². The molecule has 17 heavy (non-hydrogen) atoms. The molecule has 2 fully saturated rings. The molecule has 0 N–H and O–H groups in total. The van der Waals surface area contributed by atoms with Gasteiger partial charge in [0.1, 0.15) is 12.1 Å². The van der Waals surface area contributed by atoms with Crippen molar-refractivity contribution in [2.75, 3.05) is 20.8 Å². The summed E-state index contributed by atoms with van der Waals surface area (Å²) in [5.41, 5.74) is 0. The Morgan fingerprint density at radius 1 is 1.12 bits per heavy atom. The van der Waals surface area contributed by atoms with Crippen molar-refractivity contribution in [3.63, 3.8) is 0 Å². The van der Waals surface area contributed by atoms with Gasteiger partial charge in [0.2, 0.25) is 0 Å². The summed E-state index contributed by atoms with van der Waals surface area (Å²) in [5, 5.41) is 10.6. The van der Waals surface area contributed by atoms with Crippen LogP contribution in [0.5, 0.6) is 0 Å². The molecule has 92 valence electrons. The van der Waals surface area contributed by atoms with E-state index < -0.39 is 12.2 Å². The number of rotatable bonds is 0. The first-order valence-electron chi connectivity index (χ1n) is 5.31. The van der Waals surface area contributed by atoms with Crippen LogP contribution in [0, 0.1) is 5.92 Å². The minimum Gasteiger partial charge on any atom is -0.452 e. The summed E-state index contributed by atoms with van der Waals surface area (Å²) in [4.78, 5) is 23.2. The molecule has 0 spiro atoms. The van der Waals surface area contributed by atoms with Gasteiger partial charge in [-0.2, -0.15) is 10.2 Å². The van der Waals surface area contributed by atoms with Crippen LogP contribution >= 0.6 is 0 Å². The molecule has 2 amide bonds. The fourth-order valence-electron chi connectivity index (χ4n) is 2.81. The maximum Gasteiger partial charge on any atom is 0.429 e. The van der Waals surface area contributed by atoms with E-state index in [-0.39, 0.29) is 24.0 Å². The Labute approximate surface area is 97.1 Å². The molecule has 2 aliphatic heterocycles. The number of carbonyl (C=O) groups excluding carboxylic acids is 2. The quantitative estimate of drug-likeness (QED) is 0.607. The fraction of sp³-hybridized carbons (Fsp3) is 0.778. The van der Waals surface area contributed by atoms with Crippen LogP contribution in [0.15, 0.2) is 10.2 Å². The number of hydrogen-bond donors (Lipinski definition) is 0. The number of fused-ring (bicyclic) bond motifs is 4. The molecule has 1 aliphatic carbocycles. The molecule has 3 rings (SSSR count). The number of azo groups is 1. The van der Waals surface area contributed by atoms with Gasteiger partial charge in [0.05, 0.1) is 26.8 Å². The average Bonchev–Trinajstić information content (AvgIpc) is 2.70. The molecule has 1 saturated heterocycles. The lowest BCUT2D eigenvalue weighted by molar-refractivity contribution is -0.234. The summed E-state index contributed by atoms with van der Waals surface area (Å²) < 4.78 is 9.30. The summed E-state index contributed by atoms with van der Waals surface area (Å²) in [7, 11) is 2.56. The second-order valence-corrected chi connectivity index (χ2v) is 4.20. The average molecular weight is 240 g/mol. The summed E-state index contributed by atoms with van der Waals surface area (Å²) in [6.07, 6.45) is -1.13. The molecular formula is C9H12N4O4. The highest BCUT2D eigenvalue weighted by molar-refractivity contribution is 5.78. The van der Waals surface area contributed by atoms with Crippen molar-refractivity contribution >= 4 is 12.2 Å². The van der Waals surface area contributed by atoms with E-state index in [0.717, 1.165) is 0 Å². The maximum atomic E-state index is 11.6. The van der Waals surface area contributed by atoms with E-state index in [1.165, 1.54) is 24.2 Å². The van der Waals surface area contributed by atoms with Crippen molar-refractivity contribution in [1.29, 1.82) is 0 Å². The molecule has 4 atom stereocenters. The van der Waals surface area contributed by atoms with Crippen LogP contribution in [0.2, 0.25) is 0 Å². The molecule has 2 heterocycles. The van der Waals surface area contributed by atoms with Gasteiger partial charge in [0.15, 0.2) is 0 Å². The highest BCUT2D eigenvalue weighted by atomic mass is 16.6. The standard InChI is InChI=1S/C9H12N4O4/c1-16-8(14)12-6-4-3-10-11-5(4)7(6)13(12)9(15)17-2/h4-7H,3H2,1-2H3/t4-,5+,6+,7-/m1/s1. The van der Waals surface area contributed by atoms with E-state index in [4.69, 9.17) is 0 Å². The molecular weight excluding hydrogens is 228 g/mol. The Kier molecular flexibility index (Phi) is 2.01. The molecule has 0 aromatic carbocycles. The number of carbonyl (C=O) groups is 2. The van der Waals surface area contributed by atoms with E-state index in [2.05, 4.69) is 19.7 Å². The van der Waals surface area contributed by atoms with Gasteiger partial charge in [0.25, 0.3) is 0 Å². The minimum absolute atomic E-state index is 0.00000567. The number of amides is 2. The van der Waals surface area contributed by atoms with Crippen LogP contribution in [-0.2, 0) is 9.47 Å². The van der Waals surface area contributed by atoms with Crippen molar-refractivity contribution in [3.8, 4) is 0 Å². The monoisotopic (exact) mass is 240 g/mol. The lowest BCUT2D eigenvalue weighted by Crippen LogP contribution is -2.86. The number of hydrazine groups is 1. The van der Waals surface area contributed by atoms with Crippen LogP contribution in [0.25, 0.3) is 0 Å². The number of methoxy groups -OCH3 is 2. The molecule has 0 bridgehead atoms. The third kappa shape index (κ3) is 1.07. The zero-order chi connectivity index (χ0) is 12.2. The summed E-state index contributed by atoms with van der Waals surface area (Å²) in [6, 6.07) is -0.153. The van der Waals surface area contributed by atoms with Gasteiger partial charge in [-0.15, -0.1) is 0 Å². The fourth-order valence-corrected chi connectivity index (χ4v) is 2.81. The lowest BCUT2D eigenvalue weighted by Gasteiger charge is -2.65. The van der Waals surface area contributed by atoms with E-state index in [1.54, 1.807) is 0 Å². The predicted octanol–water partition coefficient (Wildman–Crippen LogP) is 0.253.